The molecule has 0 aromatic heterocycles. The lowest BCUT2D eigenvalue weighted by molar-refractivity contribution is 0.128. The highest BCUT2D eigenvalue weighted by Crippen LogP contribution is 2.24. The first kappa shape index (κ1) is 20.3. The van der Waals surface area contributed by atoms with Crippen LogP contribution in [0.5, 0.6) is 0 Å². The SMILES string of the molecule is CN(C)CC[C@](C)(CSc1ccccc1)NC(=O)OCc1ccccc1. The fourth-order valence-electron chi connectivity index (χ4n) is 2.41. The number of thioether (sulfide) groups is 1. The van der Waals surface area contributed by atoms with E-state index in [9.17, 15) is 4.79 Å². The Kier molecular flexibility index (Phi) is 8.01. The second-order valence-electron chi connectivity index (χ2n) is 6.90. The molecule has 0 saturated carbocycles. The monoisotopic (exact) mass is 372 g/mol. The Hall–Kier alpha value is -1.98. The van der Waals surface area contributed by atoms with Crippen molar-refractivity contribution in [2.24, 2.45) is 0 Å². The topological polar surface area (TPSA) is 41.6 Å². The molecule has 1 N–H and O–H groups in total. The van der Waals surface area contributed by atoms with E-state index in [2.05, 4.69) is 29.3 Å². The van der Waals surface area contributed by atoms with Gasteiger partial charge in [0.15, 0.2) is 0 Å². The smallest absolute Gasteiger partial charge is 0.407 e. The standard InChI is InChI=1S/C21H28N2O2S/c1-21(14-15-23(2)3,17-26-19-12-8-5-9-13-19)22-20(24)25-16-18-10-6-4-7-11-18/h4-13H,14-17H2,1-3H3,(H,22,24)/t21-/m1/s1. The molecule has 2 rings (SSSR count). The number of alkyl carbamates (subject to hydrolysis) is 1. The van der Waals surface area contributed by atoms with E-state index < -0.39 is 0 Å². The number of carbonyl (C=O) groups excluding carboxylic acids is 1. The molecule has 5 heteroatoms. The number of rotatable bonds is 9. The molecule has 1 atom stereocenters. The molecule has 0 aliphatic heterocycles. The number of hydrogen-bond donors (Lipinski definition) is 1. The van der Waals surface area contributed by atoms with E-state index in [1.165, 1.54) is 4.90 Å². The van der Waals surface area contributed by atoms with Gasteiger partial charge in [0.05, 0.1) is 5.54 Å². The summed E-state index contributed by atoms with van der Waals surface area (Å²) in [7, 11) is 4.08. The molecule has 26 heavy (non-hydrogen) atoms. The quantitative estimate of drug-likeness (QED) is 0.662. The summed E-state index contributed by atoms with van der Waals surface area (Å²) in [5.41, 5.74) is 0.634. The maximum absolute atomic E-state index is 12.3. The number of hydrogen-bond acceptors (Lipinski definition) is 4. The average molecular weight is 373 g/mol. The van der Waals surface area contributed by atoms with Gasteiger partial charge in [-0.1, -0.05) is 48.5 Å². The van der Waals surface area contributed by atoms with E-state index in [0.717, 1.165) is 24.3 Å². The van der Waals surface area contributed by atoms with Crippen LogP contribution in [0.2, 0.25) is 0 Å². The summed E-state index contributed by atoms with van der Waals surface area (Å²) in [5.74, 6) is 0.783. The van der Waals surface area contributed by atoms with Crippen molar-refractivity contribution in [3.63, 3.8) is 0 Å². The van der Waals surface area contributed by atoms with Gasteiger partial charge in [0, 0.05) is 10.6 Å². The molecule has 0 spiro atoms. The second-order valence-corrected chi connectivity index (χ2v) is 7.95. The molecule has 4 nitrogen and oxygen atoms in total. The molecule has 0 aliphatic rings. The lowest BCUT2D eigenvalue weighted by Crippen LogP contribution is -2.49. The number of nitrogens with one attached hydrogen (secondary N) is 1. The van der Waals surface area contributed by atoms with Gasteiger partial charge < -0.3 is 15.0 Å². The van der Waals surface area contributed by atoms with Crippen LogP contribution in [0, 0.1) is 0 Å². The molecule has 2 aromatic carbocycles. The van der Waals surface area contributed by atoms with Gasteiger partial charge in [-0.2, -0.15) is 0 Å². The zero-order valence-electron chi connectivity index (χ0n) is 15.8. The summed E-state index contributed by atoms with van der Waals surface area (Å²) in [6.45, 7) is 3.25. The molecular formula is C21H28N2O2S. The predicted molar refractivity (Wildman–Crippen MR) is 109 cm³/mol. The Morgan fingerprint density at radius 2 is 1.69 bits per heavy atom. The zero-order valence-corrected chi connectivity index (χ0v) is 16.6. The van der Waals surface area contributed by atoms with Crippen LogP contribution in [0.15, 0.2) is 65.6 Å². The molecular weight excluding hydrogens is 344 g/mol. The first-order chi connectivity index (χ1) is 12.5. The van der Waals surface area contributed by atoms with Crippen molar-refractivity contribution in [3.05, 3.63) is 66.2 Å². The zero-order chi connectivity index (χ0) is 18.8. The molecule has 0 unspecified atom stereocenters. The van der Waals surface area contributed by atoms with Crippen LogP contribution in [0.3, 0.4) is 0 Å². The van der Waals surface area contributed by atoms with Gasteiger partial charge in [-0.25, -0.2) is 4.79 Å². The Morgan fingerprint density at radius 3 is 2.31 bits per heavy atom. The van der Waals surface area contributed by atoms with Crippen LogP contribution in [0.25, 0.3) is 0 Å². The number of nitrogens with zero attached hydrogens (tertiary/aromatic N) is 1. The highest BCUT2D eigenvalue weighted by molar-refractivity contribution is 7.99. The average Bonchev–Trinajstić information content (AvgIpc) is 2.65. The molecule has 0 saturated heterocycles. The second kappa shape index (κ2) is 10.2. The molecule has 0 fully saturated rings. The Balaban J connectivity index is 1.92. The van der Waals surface area contributed by atoms with Gasteiger partial charge in [-0.05, 0) is 51.7 Å². The van der Waals surface area contributed by atoms with Crippen LogP contribution in [-0.2, 0) is 11.3 Å². The van der Waals surface area contributed by atoms with Crippen molar-refractivity contribution in [1.82, 2.24) is 10.2 Å². The van der Waals surface area contributed by atoms with Crippen LogP contribution >= 0.6 is 11.8 Å². The number of benzene rings is 2. The summed E-state index contributed by atoms with van der Waals surface area (Å²) in [6, 6.07) is 20.0. The number of amides is 1. The minimum absolute atomic E-state index is 0.280. The third-order valence-corrected chi connectivity index (χ3v) is 5.41. The minimum atomic E-state index is -0.372. The Bertz CT molecular complexity index is 664. The fourth-order valence-corrected chi connectivity index (χ4v) is 3.46. The van der Waals surface area contributed by atoms with E-state index in [4.69, 9.17) is 4.74 Å². The third-order valence-electron chi connectivity index (χ3n) is 4.03. The lowest BCUT2D eigenvalue weighted by atomic mass is 10.0. The van der Waals surface area contributed by atoms with Gasteiger partial charge in [-0.3, -0.25) is 0 Å². The first-order valence-corrected chi connectivity index (χ1v) is 9.77. The summed E-state index contributed by atoms with van der Waals surface area (Å²) in [6.07, 6.45) is 0.476. The van der Waals surface area contributed by atoms with Gasteiger partial charge in [0.2, 0.25) is 0 Å². The van der Waals surface area contributed by atoms with Crippen molar-refractivity contribution < 1.29 is 9.53 Å². The third kappa shape index (κ3) is 7.50. The Labute approximate surface area is 160 Å². The van der Waals surface area contributed by atoms with E-state index >= 15 is 0 Å². The first-order valence-electron chi connectivity index (χ1n) is 8.78. The fraction of sp³-hybridized carbons (Fsp3) is 0.381. The van der Waals surface area contributed by atoms with Gasteiger partial charge in [0.25, 0.3) is 0 Å². The van der Waals surface area contributed by atoms with E-state index in [1.807, 2.05) is 62.6 Å². The maximum Gasteiger partial charge on any atom is 0.407 e. The van der Waals surface area contributed by atoms with Gasteiger partial charge in [-0.15, -0.1) is 11.8 Å². The summed E-state index contributed by atoms with van der Waals surface area (Å²) >= 11 is 1.75. The van der Waals surface area contributed by atoms with Crippen LogP contribution in [-0.4, -0.2) is 42.9 Å². The van der Waals surface area contributed by atoms with E-state index in [-0.39, 0.29) is 18.2 Å². The van der Waals surface area contributed by atoms with Crippen molar-refractivity contribution in [3.8, 4) is 0 Å². The highest BCUT2D eigenvalue weighted by Gasteiger charge is 2.27. The van der Waals surface area contributed by atoms with Crippen molar-refractivity contribution in [2.75, 3.05) is 26.4 Å². The molecule has 0 aliphatic carbocycles. The number of ether oxygens (including phenoxy) is 1. The molecule has 140 valence electrons. The predicted octanol–water partition coefficient (Wildman–Crippen LogP) is 4.42. The largest absolute Gasteiger partial charge is 0.445 e. The van der Waals surface area contributed by atoms with Crippen LogP contribution in [0.4, 0.5) is 4.79 Å². The van der Waals surface area contributed by atoms with Crippen molar-refractivity contribution in [2.45, 2.75) is 30.4 Å². The summed E-state index contributed by atoms with van der Waals surface area (Å²) in [5, 5.41) is 3.08. The molecule has 1 amide bonds. The van der Waals surface area contributed by atoms with E-state index in [1.54, 1.807) is 11.8 Å². The molecule has 2 aromatic rings. The van der Waals surface area contributed by atoms with Gasteiger partial charge >= 0.3 is 6.09 Å². The summed E-state index contributed by atoms with van der Waals surface area (Å²) in [4.78, 5) is 15.7. The van der Waals surface area contributed by atoms with Crippen LogP contribution < -0.4 is 5.32 Å². The van der Waals surface area contributed by atoms with E-state index in [0.29, 0.717) is 0 Å². The van der Waals surface area contributed by atoms with Gasteiger partial charge in [0.1, 0.15) is 6.61 Å². The molecule has 0 heterocycles. The Morgan fingerprint density at radius 1 is 1.08 bits per heavy atom. The highest BCUT2D eigenvalue weighted by atomic mass is 32.2. The molecule has 0 radical (unpaired) electrons. The summed E-state index contributed by atoms with van der Waals surface area (Å²) < 4.78 is 5.41. The number of carbonyl (C=O) groups is 1. The lowest BCUT2D eigenvalue weighted by Gasteiger charge is -2.31. The van der Waals surface area contributed by atoms with Crippen molar-refractivity contribution >= 4 is 17.9 Å². The van der Waals surface area contributed by atoms with Crippen molar-refractivity contribution in [1.29, 1.82) is 0 Å². The maximum atomic E-state index is 12.3. The molecule has 0 bridgehead atoms. The minimum Gasteiger partial charge on any atom is -0.445 e. The normalized spacial score (nSPS) is 13.2. The van der Waals surface area contributed by atoms with Crippen LogP contribution in [0.1, 0.15) is 18.9 Å².